The molecule has 0 aliphatic carbocycles. The highest BCUT2D eigenvalue weighted by Gasteiger charge is 2.24. The summed E-state index contributed by atoms with van der Waals surface area (Å²) < 4.78 is 0. The van der Waals surface area contributed by atoms with Gasteiger partial charge in [0.1, 0.15) is 0 Å². The second-order valence-corrected chi connectivity index (χ2v) is 4.25. The van der Waals surface area contributed by atoms with Gasteiger partial charge in [0.25, 0.3) is 0 Å². The zero-order valence-electron chi connectivity index (χ0n) is 9.23. The van der Waals surface area contributed by atoms with Crippen molar-refractivity contribution >= 4 is 17.3 Å². The number of piperidine rings is 1. The Morgan fingerprint density at radius 2 is 2.12 bits per heavy atom. The lowest BCUT2D eigenvalue weighted by Crippen LogP contribution is -2.41. The molecule has 1 atom stereocenters. The van der Waals surface area contributed by atoms with Crippen molar-refractivity contribution in [3.8, 4) is 0 Å². The molecule has 2 rings (SSSR count). The van der Waals surface area contributed by atoms with Gasteiger partial charge in [-0.05, 0) is 25.0 Å². The molecule has 0 bridgehead atoms. The Morgan fingerprint density at radius 3 is 2.81 bits per heavy atom. The zero-order valence-corrected chi connectivity index (χ0v) is 9.23. The second kappa shape index (κ2) is 4.43. The Labute approximate surface area is 95.2 Å². The fraction of sp³-hybridized carbons (Fsp3) is 0.417. The summed E-state index contributed by atoms with van der Waals surface area (Å²) in [5.74, 6) is -0.257. The van der Waals surface area contributed by atoms with Crippen molar-refractivity contribution in [2.24, 2.45) is 11.7 Å². The number of anilines is 2. The summed E-state index contributed by atoms with van der Waals surface area (Å²) in [6, 6.07) is 7.73. The Hall–Kier alpha value is -1.71. The predicted octanol–water partition coefficient (Wildman–Crippen LogP) is 0.970. The maximum absolute atomic E-state index is 11.2. The van der Waals surface area contributed by atoms with Crippen molar-refractivity contribution in [3.63, 3.8) is 0 Å². The third-order valence-corrected chi connectivity index (χ3v) is 3.10. The molecule has 1 fully saturated rings. The number of hydrogen-bond donors (Lipinski definition) is 2. The molecule has 4 N–H and O–H groups in total. The Kier molecular flexibility index (Phi) is 2.99. The summed E-state index contributed by atoms with van der Waals surface area (Å²) in [4.78, 5) is 13.3. The molecule has 1 aromatic rings. The summed E-state index contributed by atoms with van der Waals surface area (Å²) in [5, 5.41) is 0. The number of nitrogens with two attached hydrogens (primary N) is 2. The van der Waals surface area contributed by atoms with Crippen molar-refractivity contribution in [2.45, 2.75) is 12.8 Å². The van der Waals surface area contributed by atoms with E-state index in [0.29, 0.717) is 6.54 Å². The van der Waals surface area contributed by atoms with E-state index in [1.54, 1.807) is 0 Å². The van der Waals surface area contributed by atoms with E-state index in [9.17, 15) is 4.79 Å². The van der Waals surface area contributed by atoms with Crippen LogP contribution in [0.5, 0.6) is 0 Å². The van der Waals surface area contributed by atoms with Crippen molar-refractivity contribution in [1.82, 2.24) is 0 Å². The molecule has 1 saturated heterocycles. The number of nitrogens with zero attached hydrogens (tertiary/aromatic N) is 1. The molecule has 1 aromatic carbocycles. The number of hydrogen-bond acceptors (Lipinski definition) is 3. The van der Waals surface area contributed by atoms with Crippen molar-refractivity contribution < 1.29 is 4.79 Å². The minimum absolute atomic E-state index is 0.0478. The molecule has 4 heteroatoms. The maximum Gasteiger partial charge on any atom is 0.222 e. The van der Waals surface area contributed by atoms with E-state index in [0.717, 1.165) is 30.8 Å². The molecule has 0 saturated carbocycles. The van der Waals surface area contributed by atoms with Crippen LogP contribution in [0, 0.1) is 5.92 Å². The standard InChI is InChI=1S/C12H17N3O/c13-10-5-1-2-6-11(10)15-7-3-4-9(8-15)12(14)16/h1-2,5-6,9H,3-4,7-8,13H2,(H2,14,16). The van der Waals surface area contributed by atoms with Crippen LogP contribution in [-0.2, 0) is 4.79 Å². The lowest BCUT2D eigenvalue weighted by Gasteiger charge is -2.33. The Bertz CT molecular complexity index is 392. The molecule has 16 heavy (non-hydrogen) atoms. The summed E-state index contributed by atoms with van der Waals surface area (Å²) in [5.41, 5.74) is 13.0. The van der Waals surface area contributed by atoms with Gasteiger partial charge in [0.05, 0.1) is 17.3 Å². The van der Waals surface area contributed by atoms with E-state index in [1.807, 2.05) is 24.3 Å². The van der Waals surface area contributed by atoms with Gasteiger partial charge in [-0.25, -0.2) is 0 Å². The van der Waals surface area contributed by atoms with Gasteiger partial charge in [0.2, 0.25) is 5.91 Å². The molecule has 86 valence electrons. The molecule has 1 aliphatic heterocycles. The molecule has 1 heterocycles. The van der Waals surface area contributed by atoms with Crippen LogP contribution in [-0.4, -0.2) is 19.0 Å². The summed E-state index contributed by atoms with van der Waals surface area (Å²) in [6.45, 7) is 1.63. The number of para-hydroxylation sites is 2. The number of nitrogen functional groups attached to an aromatic ring is 1. The highest BCUT2D eigenvalue weighted by molar-refractivity contribution is 5.78. The molecule has 1 unspecified atom stereocenters. The Balaban J connectivity index is 2.16. The highest BCUT2D eigenvalue weighted by Crippen LogP contribution is 2.27. The highest BCUT2D eigenvalue weighted by atomic mass is 16.1. The van der Waals surface area contributed by atoms with Crippen LogP contribution < -0.4 is 16.4 Å². The van der Waals surface area contributed by atoms with E-state index in [4.69, 9.17) is 11.5 Å². The first-order chi connectivity index (χ1) is 7.68. The van der Waals surface area contributed by atoms with E-state index in [1.165, 1.54) is 0 Å². The van der Waals surface area contributed by atoms with Gasteiger partial charge in [-0.15, -0.1) is 0 Å². The van der Waals surface area contributed by atoms with Crippen molar-refractivity contribution in [1.29, 1.82) is 0 Å². The van der Waals surface area contributed by atoms with Crippen LogP contribution in [0.1, 0.15) is 12.8 Å². The first-order valence-corrected chi connectivity index (χ1v) is 5.57. The van der Waals surface area contributed by atoms with Crippen LogP contribution in [0.3, 0.4) is 0 Å². The molecule has 0 radical (unpaired) electrons. The maximum atomic E-state index is 11.2. The topological polar surface area (TPSA) is 72.4 Å². The molecule has 1 aliphatic rings. The number of amides is 1. The third-order valence-electron chi connectivity index (χ3n) is 3.10. The Morgan fingerprint density at radius 1 is 1.38 bits per heavy atom. The zero-order chi connectivity index (χ0) is 11.5. The molecule has 4 nitrogen and oxygen atoms in total. The number of primary amides is 1. The minimum atomic E-state index is -0.209. The van der Waals surface area contributed by atoms with Gasteiger partial charge < -0.3 is 16.4 Å². The normalized spacial score (nSPS) is 20.8. The van der Waals surface area contributed by atoms with Crippen molar-refractivity contribution in [3.05, 3.63) is 24.3 Å². The van der Waals surface area contributed by atoms with Crippen LogP contribution in [0.2, 0.25) is 0 Å². The first-order valence-electron chi connectivity index (χ1n) is 5.57. The first kappa shape index (κ1) is 10.8. The third kappa shape index (κ3) is 2.10. The quantitative estimate of drug-likeness (QED) is 0.728. The number of carbonyl (C=O) groups excluding carboxylic acids is 1. The van der Waals surface area contributed by atoms with Gasteiger partial charge in [-0.2, -0.15) is 0 Å². The van der Waals surface area contributed by atoms with Gasteiger partial charge in [0.15, 0.2) is 0 Å². The molecular formula is C12H17N3O. The van der Waals surface area contributed by atoms with Crippen LogP contribution in [0.25, 0.3) is 0 Å². The average molecular weight is 219 g/mol. The lowest BCUT2D eigenvalue weighted by molar-refractivity contribution is -0.122. The van der Waals surface area contributed by atoms with E-state index < -0.39 is 0 Å². The monoisotopic (exact) mass is 219 g/mol. The van der Waals surface area contributed by atoms with Crippen LogP contribution in [0.15, 0.2) is 24.3 Å². The number of benzene rings is 1. The lowest BCUT2D eigenvalue weighted by atomic mass is 9.97. The SMILES string of the molecule is NC(=O)C1CCCN(c2ccccc2N)C1. The second-order valence-electron chi connectivity index (χ2n) is 4.25. The smallest absolute Gasteiger partial charge is 0.222 e. The van der Waals surface area contributed by atoms with Gasteiger partial charge in [-0.1, -0.05) is 12.1 Å². The molecular weight excluding hydrogens is 202 g/mol. The van der Waals surface area contributed by atoms with Crippen LogP contribution >= 0.6 is 0 Å². The fourth-order valence-electron chi connectivity index (χ4n) is 2.20. The van der Waals surface area contributed by atoms with Gasteiger partial charge >= 0.3 is 0 Å². The number of rotatable bonds is 2. The van der Waals surface area contributed by atoms with Crippen molar-refractivity contribution in [2.75, 3.05) is 23.7 Å². The summed E-state index contributed by atoms with van der Waals surface area (Å²) >= 11 is 0. The molecule has 1 amide bonds. The molecule has 0 aromatic heterocycles. The summed E-state index contributed by atoms with van der Waals surface area (Å²) in [7, 11) is 0. The predicted molar refractivity (Wildman–Crippen MR) is 65.0 cm³/mol. The van der Waals surface area contributed by atoms with E-state index in [2.05, 4.69) is 4.90 Å². The van der Waals surface area contributed by atoms with Gasteiger partial charge in [0, 0.05) is 13.1 Å². The van der Waals surface area contributed by atoms with E-state index in [-0.39, 0.29) is 11.8 Å². The van der Waals surface area contributed by atoms with E-state index >= 15 is 0 Å². The van der Waals surface area contributed by atoms with Crippen LogP contribution in [0.4, 0.5) is 11.4 Å². The molecule has 0 spiro atoms. The van der Waals surface area contributed by atoms with Gasteiger partial charge in [-0.3, -0.25) is 4.79 Å². The fourth-order valence-corrected chi connectivity index (χ4v) is 2.20. The number of carbonyl (C=O) groups is 1. The summed E-state index contributed by atoms with van der Waals surface area (Å²) in [6.07, 6.45) is 1.88. The minimum Gasteiger partial charge on any atom is -0.397 e. The average Bonchev–Trinajstić information content (AvgIpc) is 2.30. The largest absolute Gasteiger partial charge is 0.397 e.